The lowest BCUT2D eigenvalue weighted by Crippen LogP contribution is -2.58. The topological polar surface area (TPSA) is 124 Å². The lowest BCUT2D eigenvalue weighted by molar-refractivity contribution is -0.0207. The van der Waals surface area contributed by atoms with E-state index in [-0.39, 0.29) is 36.8 Å². The summed E-state index contributed by atoms with van der Waals surface area (Å²) < 4.78 is 34.6. The first-order valence-electron chi connectivity index (χ1n) is 12.7. The van der Waals surface area contributed by atoms with E-state index in [1.165, 1.54) is 21.8 Å². The number of hydrogen-bond acceptors (Lipinski definition) is 7. The van der Waals surface area contributed by atoms with Crippen molar-refractivity contribution in [2.45, 2.75) is 51.3 Å². The molecule has 1 saturated heterocycles. The number of aliphatic hydroxyl groups excluding tert-OH is 2. The van der Waals surface area contributed by atoms with Crippen LogP contribution in [-0.2, 0) is 13.2 Å². The number of rotatable bonds is 6. The minimum atomic E-state index is -1.27. The minimum Gasteiger partial charge on any atom is -0.482 e. The summed E-state index contributed by atoms with van der Waals surface area (Å²) >= 11 is 0. The van der Waals surface area contributed by atoms with Crippen molar-refractivity contribution in [2.75, 3.05) is 11.7 Å². The Morgan fingerprint density at radius 3 is 2.45 bits per heavy atom. The largest absolute Gasteiger partial charge is 0.482 e. The molecule has 2 aliphatic rings. The number of hydrogen-bond donors (Lipinski definition) is 3. The molecule has 0 spiro atoms. The van der Waals surface area contributed by atoms with Crippen LogP contribution in [0.25, 0.3) is 0 Å². The van der Waals surface area contributed by atoms with Crippen LogP contribution in [0.3, 0.4) is 0 Å². The average Bonchev–Trinajstić information content (AvgIpc) is 3.01. The molecule has 3 aromatic rings. The Morgan fingerprint density at radius 2 is 1.75 bits per heavy atom. The number of aromatic nitrogens is 1. The molecule has 2 unspecified atom stereocenters. The van der Waals surface area contributed by atoms with Gasteiger partial charge in [-0.2, -0.15) is 0 Å². The van der Waals surface area contributed by atoms with Crippen molar-refractivity contribution in [3.8, 4) is 5.75 Å². The molecule has 1 fully saturated rings. The predicted molar refractivity (Wildman–Crippen MR) is 139 cm³/mol. The lowest BCUT2D eigenvalue weighted by Gasteiger charge is -2.42. The number of carbonyl (C=O) groups excluding carboxylic acids is 2. The second-order valence-corrected chi connectivity index (χ2v) is 9.91. The van der Waals surface area contributed by atoms with E-state index in [1.54, 1.807) is 43.1 Å². The first-order chi connectivity index (χ1) is 19.1. The molecule has 10 nitrogen and oxygen atoms in total. The standard InChI is InChI=1S/C28H28F2N4O6/c1-15-23(35)24(36)16(2)34-14-32(15)28(39)22-26(40-13-17-6-4-3-5-7-17)25(37)20(12-33(22)34)27(38)31-11-18-8-9-19(29)10-21(18)30/h3-10,12,15-16,23-24,35-36H,11,13-14H2,1-2H3,(H,31,38)/t15?,16?,23-,24+/m0/s1. The number of pyridine rings is 1. The molecule has 0 saturated carbocycles. The minimum absolute atomic E-state index is 0.00594. The summed E-state index contributed by atoms with van der Waals surface area (Å²) in [5.74, 6) is -3.51. The van der Waals surface area contributed by atoms with Gasteiger partial charge in [-0.1, -0.05) is 36.4 Å². The summed E-state index contributed by atoms with van der Waals surface area (Å²) in [7, 11) is 0. The van der Waals surface area contributed by atoms with Crippen LogP contribution in [0, 0.1) is 11.6 Å². The summed E-state index contributed by atoms with van der Waals surface area (Å²) in [5, 5.41) is 25.5. The van der Waals surface area contributed by atoms with Crippen molar-refractivity contribution in [3.63, 3.8) is 0 Å². The van der Waals surface area contributed by atoms with Gasteiger partial charge in [0.25, 0.3) is 11.8 Å². The maximum absolute atomic E-state index is 14.1. The van der Waals surface area contributed by atoms with Crippen LogP contribution >= 0.6 is 0 Å². The maximum atomic E-state index is 14.1. The van der Waals surface area contributed by atoms with Gasteiger partial charge in [-0.15, -0.1) is 0 Å². The molecule has 0 aliphatic carbocycles. The number of ether oxygens (including phenoxy) is 1. The Balaban J connectivity index is 1.58. The first-order valence-corrected chi connectivity index (χ1v) is 12.7. The van der Waals surface area contributed by atoms with Gasteiger partial charge in [0.05, 0.1) is 12.1 Å². The highest BCUT2D eigenvalue weighted by Gasteiger charge is 2.46. The summed E-state index contributed by atoms with van der Waals surface area (Å²) in [6.07, 6.45) is -1.36. The highest BCUT2D eigenvalue weighted by Crippen LogP contribution is 2.30. The maximum Gasteiger partial charge on any atom is 0.278 e. The molecule has 2 aliphatic heterocycles. The van der Waals surface area contributed by atoms with Gasteiger partial charge < -0.3 is 25.2 Å². The number of nitrogens with zero attached hydrogens (tertiary/aromatic N) is 3. The van der Waals surface area contributed by atoms with Gasteiger partial charge in [0.1, 0.15) is 42.7 Å². The normalized spacial score (nSPS) is 22.0. The number of carbonyl (C=O) groups is 2. The average molecular weight is 555 g/mol. The molecule has 2 bridgehead atoms. The molecule has 2 amide bonds. The molecule has 210 valence electrons. The zero-order valence-electron chi connectivity index (χ0n) is 21.8. The third-order valence-electron chi connectivity index (χ3n) is 7.41. The van der Waals surface area contributed by atoms with Crippen LogP contribution < -0.4 is 20.5 Å². The van der Waals surface area contributed by atoms with E-state index >= 15 is 0 Å². The second-order valence-electron chi connectivity index (χ2n) is 9.91. The van der Waals surface area contributed by atoms with E-state index in [0.717, 1.165) is 6.07 Å². The molecular weight excluding hydrogens is 526 g/mol. The SMILES string of the molecule is CC1[C@H](O)[C@H](O)C(C)N2CN1C(=O)c1c(OCc3ccccc3)c(=O)c(C(=O)NCc3ccc(F)cc3F)cn12. The summed E-state index contributed by atoms with van der Waals surface area (Å²) in [6, 6.07) is 10.3. The molecule has 12 heteroatoms. The molecular formula is C28H28F2N4O6. The molecule has 4 atom stereocenters. The van der Waals surface area contributed by atoms with E-state index in [0.29, 0.717) is 11.6 Å². The fraction of sp³-hybridized carbons (Fsp3) is 0.321. The number of aliphatic hydroxyl groups is 2. The zero-order chi connectivity index (χ0) is 28.7. The number of nitrogens with one attached hydrogen (secondary N) is 1. The van der Waals surface area contributed by atoms with Gasteiger partial charge in [0.2, 0.25) is 5.43 Å². The number of fused-ring (bicyclic) bond motifs is 4. The number of amides is 2. The van der Waals surface area contributed by atoms with E-state index in [2.05, 4.69) is 5.32 Å². The third kappa shape index (κ3) is 4.80. The quantitative estimate of drug-likeness (QED) is 0.422. The van der Waals surface area contributed by atoms with Crippen molar-refractivity contribution in [2.24, 2.45) is 0 Å². The third-order valence-corrected chi connectivity index (χ3v) is 7.41. The van der Waals surface area contributed by atoms with Gasteiger partial charge >= 0.3 is 0 Å². The van der Waals surface area contributed by atoms with Crippen LogP contribution in [0.1, 0.15) is 45.8 Å². The Morgan fingerprint density at radius 1 is 1.05 bits per heavy atom. The van der Waals surface area contributed by atoms with Gasteiger partial charge in [0.15, 0.2) is 11.4 Å². The smallest absolute Gasteiger partial charge is 0.278 e. The van der Waals surface area contributed by atoms with Gasteiger partial charge in [-0.05, 0) is 25.5 Å². The summed E-state index contributed by atoms with van der Waals surface area (Å²) in [6.45, 7) is 2.78. The fourth-order valence-electron chi connectivity index (χ4n) is 4.93. The van der Waals surface area contributed by atoms with E-state index < -0.39 is 58.7 Å². The monoisotopic (exact) mass is 554 g/mol. The van der Waals surface area contributed by atoms with Gasteiger partial charge in [-0.25, -0.2) is 8.78 Å². The fourth-order valence-corrected chi connectivity index (χ4v) is 4.93. The van der Waals surface area contributed by atoms with E-state index in [9.17, 15) is 33.4 Å². The zero-order valence-corrected chi connectivity index (χ0v) is 21.8. The van der Waals surface area contributed by atoms with Crippen LogP contribution in [0.2, 0.25) is 0 Å². The second kappa shape index (κ2) is 10.7. The van der Waals surface area contributed by atoms with E-state index in [1.807, 2.05) is 6.07 Å². The number of benzene rings is 2. The Hall–Kier alpha value is -4.29. The van der Waals surface area contributed by atoms with Crippen molar-refractivity contribution in [3.05, 3.63) is 99.0 Å². The Labute approximate surface area is 228 Å². The van der Waals surface area contributed by atoms with E-state index in [4.69, 9.17) is 4.74 Å². The highest BCUT2D eigenvalue weighted by molar-refractivity contribution is 5.99. The molecule has 3 heterocycles. The summed E-state index contributed by atoms with van der Waals surface area (Å²) in [4.78, 5) is 41.9. The van der Waals surface area contributed by atoms with Crippen LogP contribution in [0.4, 0.5) is 8.78 Å². The van der Waals surface area contributed by atoms with Crippen LogP contribution in [-0.4, -0.2) is 62.6 Å². The van der Waals surface area contributed by atoms with Crippen molar-refractivity contribution in [1.29, 1.82) is 0 Å². The molecule has 1 aromatic heterocycles. The number of halogens is 2. The molecule has 0 radical (unpaired) electrons. The van der Waals surface area contributed by atoms with Crippen molar-refractivity contribution < 1.29 is 33.3 Å². The van der Waals surface area contributed by atoms with Gasteiger partial charge in [0, 0.05) is 24.4 Å². The predicted octanol–water partition coefficient (Wildman–Crippen LogP) is 1.50. The molecule has 2 aromatic carbocycles. The Bertz CT molecular complexity index is 1510. The Kier molecular flexibility index (Phi) is 7.30. The van der Waals surface area contributed by atoms with Gasteiger partial charge in [-0.3, -0.25) is 24.1 Å². The molecule has 3 N–H and O–H groups in total. The molecule has 40 heavy (non-hydrogen) atoms. The first kappa shape index (κ1) is 27.3. The molecule has 5 rings (SSSR count). The summed E-state index contributed by atoms with van der Waals surface area (Å²) in [5.41, 5.74) is -0.707. The highest BCUT2D eigenvalue weighted by atomic mass is 19.1. The lowest BCUT2D eigenvalue weighted by atomic mass is 10.0. The van der Waals surface area contributed by atoms with Crippen LogP contribution in [0.5, 0.6) is 5.75 Å². The van der Waals surface area contributed by atoms with Crippen LogP contribution in [0.15, 0.2) is 59.5 Å². The van der Waals surface area contributed by atoms with Crippen molar-refractivity contribution in [1.82, 2.24) is 14.9 Å². The van der Waals surface area contributed by atoms with Crippen molar-refractivity contribution >= 4 is 11.8 Å².